The lowest BCUT2D eigenvalue weighted by atomic mass is 10.2. The third-order valence-corrected chi connectivity index (χ3v) is 3.37. The minimum Gasteiger partial charge on any atom is -0.399 e. The Bertz CT molecular complexity index is 626. The normalized spacial score (nSPS) is 10.3. The fourth-order valence-electron chi connectivity index (χ4n) is 1.52. The van der Waals surface area contributed by atoms with Crippen LogP contribution in [0.2, 0.25) is 10.0 Å². The van der Waals surface area contributed by atoms with Gasteiger partial charge >= 0.3 is 0 Å². The second-order valence-corrected chi connectivity index (χ2v) is 5.61. The highest BCUT2D eigenvalue weighted by molar-refractivity contribution is 9.10. The molecule has 2 aromatic carbocycles. The molecule has 19 heavy (non-hydrogen) atoms. The molecule has 0 bridgehead atoms. The van der Waals surface area contributed by atoms with E-state index in [-0.39, 0.29) is 5.91 Å². The van der Waals surface area contributed by atoms with Gasteiger partial charge < -0.3 is 11.1 Å². The molecule has 0 heterocycles. The van der Waals surface area contributed by atoms with E-state index in [0.717, 1.165) is 4.47 Å². The van der Waals surface area contributed by atoms with Crippen LogP contribution in [0.25, 0.3) is 0 Å². The van der Waals surface area contributed by atoms with Crippen LogP contribution in [0.1, 0.15) is 10.4 Å². The highest BCUT2D eigenvalue weighted by Crippen LogP contribution is 2.25. The molecule has 0 aromatic heterocycles. The molecule has 1 amide bonds. The Kier molecular flexibility index (Phi) is 4.34. The van der Waals surface area contributed by atoms with Gasteiger partial charge in [-0.3, -0.25) is 4.79 Å². The van der Waals surface area contributed by atoms with E-state index < -0.39 is 0 Å². The summed E-state index contributed by atoms with van der Waals surface area (Å²) in [6.07, 6.45) is 0. The monoisotopic (exact) mass is 358 g/mol. The average molecular weight is 360 g/mol. The van der Waals surface area contributed by atoms with Crippen LogP contribution < -0.4 is 11.1 Å². The molecule has 0 aliphatic rings. The van der Waals surface area contributed by atoms with Gasteiger partial charge in [0.25, 0.3) is 5.91 Å². The number of halogens is 3. The number of amides is 1. The molecule has 0 fully saturated rings. The molecule has 0 aliphatic heterocycles. The first-order chi connectivity index (χ1) is 8.95. The number of rotatable bonds is 2. The van der Waals surface area contributed by atoms with Crippen molar-refractivity contribution in [2.45, 2.75) is 0 Å². The highest BCUT2D eigenvalue weighted by atomic mass is 79.9. The molecule has 98 valence electrons. The number of anilines is 2. The average Bonchev–Trinajstić information content (AvgIpc) is 2.32. The Morgan fingerprint density at radius 2 is 1.89 bits per heavy atom. The van der Waals surface area contributed by atoms with Crippen LogP contribution in [0, 0.1) is 0 Å². The summed E-state index contributed by atoms with van der Waals surface area (Å²) in [7, 11) is 0. The van der Waals surface area contributed by atoms with Gasteiger partial charge in [-0.25, -0.2) is 0 Å². The zero-order valence-electron chi connectivity index (χ0n) is 9.58. The van der Waals surface area contributed by atoms with Gasteiger partial charge in [0.05, 0.1) is 10.7 Å². The Morgan fingerprint density at radius 3 is 2.58 bits per heavy atom. The van der Waals surface area contributed by atoms with E-state index in [2.05, 4.69) is 21.2 Å². The van der Waals surface area contributed by atoms with Gasteiger partial charge in [-0.1, -0.05) is 39.1 Å². The van der Waals surface area contributed by atoms with Crippen LogP contribution in [0.15, 0.2) is 40.9 Å². The maximum Gasteiger partial charge on any atom is 0.255 e. The number of nitrogens with one attached hydrogen (secondary N) is 1. The van der Waals surface area contributed by atoms with Gasteiger partial charge in [-0.05, 0) is 36.4 Å². The first-order valence-electron chi connectivity index (χ1n) is 5.28. The van der Waals surface area contributed by atoms with Gasteiger partial charge in [0, 0.05) is 20.7 Å². The summed E-state index contributed by atoms with van der Waals surface area (Å²) in [6.45, 7) is 0. The lowest BCUT2D eigenvalue weighted by Gasteiger charge is -2.08. The number of nitrogen functional groups attached to an aromatic ring is 1. The van der Waals surface area contributed by atoms with Gasteiger partial charge in [0.2, 0.25) is 0 Å². The Balaban J connectivity index is 2.28. The molecule has 3 N–H and O–H groups in total. The molecule has 0 aliphatic carbocycles. The molecule has 0 radical (unpaired) electrons. The predicted molar refractivity (Wildman–Crippen MR) is 83.0 cm³/mol. The van der Waals surface area contributed by atoms with Gasteiger partial charge in [-0.15, -0.1) is 0 Å². The number of carbonyl (C=O) groups excluding carboxylic acids is 1. The Hall–Kier alpha value is -1.23. The first kappa shape index (κ1) is 14.2. The van der Waals surface area contributed by atoms with Crippen molar-refractivity contribution in [2.24, 2.45) is 0 Å². The summed E-state index contributed by atoms with van der Waals surface area (Å²) in [5.74, 6) is -0.310. The molecule has 2 aromatic rings. The maximum atomic E-state index is 12.1. The standard InChI is InChI=1S/C13H9BrCl2N2O/c14-8-3-7(4-9(15)5-8)13(19)18-12-6-10(17)1-2-11(12)16/h1-6H,17H2,(H,18,19). The molecule has 0 saturated heterocycles. The number of hydrogen-bond acceptors (Lipinski definition) is 2. The van der Waals surface area contributed by atoms with Crippen molar-refractivity contribution in [1.29, 1.82) is 0 Å². The molecular weight excluding hydrogens is 351 g/mol. The fraction of sp³-hybridized carbons (Fsp3) is 0. The lowest BCUT2D eigenvalue weighted by molar-refractivity contribution is 0.102. The minimum absolute atomic E-state index is 0.310. The van der Waals surface area contributed by atoms with Crippen LogP contribution in [-0.4, -0.2) is 5.91 Å². The summed E-state index contributed by atoms with van der Waals surface area (Å²) in [5, 5.41) is 3.58. The molecule has 0 unspecified atom stereocenters. The Labute approximate surface area is 128 Å². The molecule has 0 saturated carbocycles. The van der Waals surface area contributed by atoms with Crippen molar-refractivity contribution in [3.05, 3.63) is 56.5 Å². The molecule has 0 spiro atoms. The van der Waals surface area contributed by atoms with E-state index >= 15 is 0 Å². The largest absolute Gasteiger partial charge is 0.399 e. The SMILES string of the molecule is Nc1ccc(Cl)c(NC(=O)c2cc(Cl)cc(Br)c2)c1. The second-order valence-electron chi connectivity index (χ2n) is 3.85. The smallest absolute Gasteiger partial charge is 0.255 e. The topological polar surface area (TPSA) is 55.1 Å². The summed E-state index contributed by atoms with van der Waals surface area (Å²) < 4.78 is 0.726. The van der Waals surface area contributed by atoms with E-state index in [4.69, 9.17) is 28.9 Å². The number of benzene rings is 2. The van der Waals surface area contributed by atoms with Crippen molar-refractivity contribution in [1.82, 2.24) is 0 Å². The van der Waals surface area contributed by atoms with Gasteiger partial charge in [0.15, 0.2) is 0 Å². The summed E-state index contributed by atoms with van der Waals surface area (Å²) >= 11 is 15.2. The van der Waals surface area contributed by atoms with Crippen molar-refractivity contribution in [3.63, 3.8) is 0 Å². The van der Waals surface area contributed by atoms with Crippen LogP contribution in [-0.2, 0) is 0 Å². The quantitative estimate of drug-likeness (QED) is 0.770. The molecular formula is C13H9BrCl2N2O. The van der Waals surface area contributed by atoms with Crippen molar-refractivity contribution < 1.29 is 4.79 Å². The maximum absolute atomic E-state index is 12.1. The summed E-state index contributed by atoms with van der Waals surface area (Å²) in [5.41, 5.74) is 7.06. The third-order valence-electron chi connectivity index (χ3n) is 2.36. The van der Waals surface area contributed by atoms with Crippen molar-refractivity contribution >= 4 is 56.4 Å². The second kappa shape index (κ2) is 5.82. The van der Waals surface area contributed by atoms with Crippen LogP contribution in [0.3, 0.4) is 0 Å². The zero-order valence-corrected chi connectivity index (χ0v) is 12.7. The fourth-order valence-corrected chi connectivity index (χ4v) is 2.54. The molecule has 6 heteroatoms. The minimum atomic E-state index is -0.310. The van der Waals surface area contributed by atoms with E-state index in [0.29, 0.717) is 27.0 Å². The number of nitrogens with two attached hydrogens (primary N) is 1. The van der Waals surface area contributed by atoms with Crippen LogP contribution >= 0.6 is 39.1 Å². The van der Waals surface area contributed by atoms with E-state index in [1.807, 2.05) is 0 Å². The predicted octanol–water partition coefficient (Wildman–Crippen LogP) is 4.59. The third kappa shape index (κ3) is 3.62. The first-order valence-corrected chi connectivity index (χ1v) is 6.83. The summed E-state index contributed by atoms with van der Waals surface area (Å²) in [4.78, 5) is 12.1. The van der Waals surface area contributed by atoms with E-state index in [1.54, 1.807) is 36.4 Å². The van der Waals surface area contributed by atoms with E-state index in [1.165, 1.54) is 0 Å². The molecule has 0 atom stereocenters. The van der Waals surface area contributed by atoms with E-state index in [9.17, 15) is 4.79 Å². The van der Waals surface area contributed by atoms with Gasteiger partial charge in [-0.2, -0.15) is 0 Å². The Morgan fingerprint density at radius 1 is 1.16 bits per heavy atom. The number of carbonyl (C=O) groups is 1. The van der Waals surface area contributed by atoms with Crippen LogP contribution in [0.4, 0.5) is 11.4 Å². The van der Waals surface area contributed by atoms with Crippen LogP contribution in [0.5, 0.6) is 0 Å². The van der Waals surface area contributed by atoms with Crippen molar-refractivity contribution in [3.8, 4) is 0 Å². The van der Waals surface area contributed by atoms with Crippen molar-refractivity contribution in [2.75, 3.05) is 11.1 Å². The number of hydrogen-bond donors (Lipinski definition) is 2. The van der Waals surface area contributed by atoms with Gasteiger partial charge in [0.1, 0.15) is 0 Å². The molecule has 3 nitrogen and oxygen atoms in total. The molecule has 2 rings (SSSR count). The zero-order chi connectivity index (χ0) is 14.0. The summed E-state index contributed by atoms with van der Waals surface area (Å²) in [6, 6.07) is 9.82. The lowest BCUT2D eigenvalue weighted by Crippen LogP contribution is -2.12. The highest BCUT2D eigenvalue weighted by Gasteiger charge is 2.10.